The number of nitrogens with one attached hydrogen (secondary N) is 1. The highest BCUT2D eigenvalue weighted by molar-refractivity contribution is 6.22. The lowest BCUT2D eigenvalue weighted by atomic mass is 9.75. The summed E-state index contributed by atoms with van der Waals surface area (Å²) in [5.74, 6) is 0.930. The number of benzene rings is 1. The number of imidazole rings is 1. The number of hydrogen-bond acceptors (Lipinski definition) is 4. The van der Waals surface area contributed by atoms with Crippen LogP contribution in [-0.4, -0.2) is 33.1 Å². The minimum absolute atomic E-state index is 0.0821. The molecular weight excluding hydrogens is 302 g/mol. The van der Waals surface area contributed by atoms with Gasteiger partial charge in [-0.25, -0.2) is 4.98 Å². The third-order valence-electron chi connectivity index (χ3n) is 4.31. The lowest BCUT2D eigenvalue weighted by Crippen LogP contribution is -2.29. The molecule has 126 valence electrons. The molecule has 1 aromatic carbocycles. The topological polar surface area (TPSA) is 78.3 Å². The first-order chi connectivity index (χ1) is 11.4. The summed E-state index contributed by atoms with van der Waals surface area (Å²) in [7, 11) is 0. The van der Waals surface area contributed by atoms with Crippen molar-refractivity contribution in [1.29, 1.82) is 0 Å². The fraction of sp³-hybridized carbons (Fsp3) is 0.421. The summed E-state index contributed by atoms with van der Waals surface area (Å²) in [6.07, 6.45) is 1.89. The van der Waals surface area contributed by atoms with Crippen LogP contribution in [0.2, 0.25) is 0 Å². The van der Waals surface area contributed by atoms with E-state index in [1.165, 1.54) is 6.92 Å². The molecular formula is C19H23N3O2. The monoisotopic (exact) mass is 325 g/mol. The van der Waals surface area contributed by atoms with Crippen LogP contribution in [0.1, 0.15) is 39.4 Å². The number of aromatic nitrogens is 2. The SMILES string of the molecule is CC(=O)C1=C(O)CC(C)(C)CC1=NCCc1nc2ccccc2[nH]1. The molecule has 0 bridgehead atoms. The summed E-state index contributed by atoms with van der Waals surface area (Å²) in [5.41, 5.74) is 2.99. The summed E-state index contributed by atoms with van der Waals surface area (Å²) >= 11 is 0. The average Bonchev–Trinajstić information content (AvgIpc) is 2.87. The molecule has 0 saturated heterocycles. The zero-order chi connectivity index (χ0) is 17.3. The van der Waals surface area contributed by atoms with Gasteiger partial charge in [0.2, 0.25) is 0 Å². The Morgan fingerprint density at radius 2 is 2.08 bits per heavy atom. The van der Waals surface area contributed by atoms with E-state index in [0.29, 0.717) is 37.1 Å². The summed E-state index contributed by atoms with van der Waals surface area (Å²) in [6, 6.07) is 7.90. The maximum atomic E-state index is 11.9. The Bertz CT molecular complexity index is 810. The summed E-state index contributed by atoms with van der Waals surface area (Å²) in [4.78, 5) is 24.3. The van der Waals surface area contributed by atoms with Crippen LogP contribution >= 0.6 is 0 Å². The number of aromatic amines is 1. The largest absolute Gasteiger partial charge is 0.511 e. The molecule has 1 aromatic heterocycles. The van der Waals surface area contributed by atoms with Gasteiger partial charge in [0.05, 0.1) is 16.6 Å². The molecule has 0 spiro atoms. The Balaban J connectivity index is 1.79. The van der Waals surface area contributed by atoms with Crippen LogP contribution < -0.4 is 0 Å². The number of carbonyl (C=O) groups excluding carboxylic acids is 1. The molecule has 5 heteroatoms. The van der Waals surface area contributed by atoms with E-state index in [4.69, 9.17) is 0 Å². The first kappa shape index (κ1) is 16.4. The van der Waals surface area contributed by atoms with Gasteiger partial charge >= 0.3 is 0 Å². The Kier molecular flexibility index (Phi) is 4.26. The third kappa shape index (κ3) is 3.40. The van der Waals surface area contributed by atoms with Crippen molar-refractivity contribution < 1.29 is 9.90 Å². The van der Waals surface area contributed by atoms with E-state index in [-0.39, 0.29) is 17.0 Å². The summed E-state index contributed by atoms with van der Waals surface area (Å²) < 4.78 is 0. The van der Waals surface area contributed by atoms with Gasteiger partial charge < -0.3 is 10.1 Å². The molecule has 1 heterocycles. The molecule has 0 atom stereocenters. The number of nitrogens with zero attached hydrogens (tertiary/aromatic N) is 2. The van der Waals surface area contributed by atoms with Gasteiger partial charge in [-0.1, -0.05) is 26.0 Å². The van der Waals surface area contributed by atoms with Gasteiger partial charge in [0, 0.05) is 25.1 Å². The van der Waals surface area contributed by atoms with Gasteiger partial charge in [0.15, 0.2) is 5.78 Å². The summed E-state index contributed by atoms with van der Waals surface area (Å²) in [6.45, 7) is 6.18. The second kappa shape index (κ2) is 6.23. The Morgan fingerprint density at radius 3 is 2.79 bits per heavy atom. The number of Topliss-reactive ketones (excluding diaryl/α,β-unsaturated/α-hetero) is 1. The number of H-pyrrole nitrogens is 1. The maximum Gasteiger partial charge on any atom is 0.164 e. The number of aliphatic imine (C=N–C) groups is 1. The van der Waals surface area contributed by atoms with Crippen LogP contribution in [0.15, 0.2) is 40.6 Å². The van der Waals surface area contributed by atoms with Gasteiger partial charge in [0.1, 0.15) is 11.6 Å². The van der Waals surface area contributed by atoms with E-state index in [0.717, 1.165) is 16.9 Å². The number of allylic oxidation sites excluding steroid dienone is 2. The van der Waals surface area contributed by atoms with E-state index in [2.05, 4.69) is 28.8 Å². The van der Waals surface area contributed by atoms with Crippen molar-refractivity contribution in [3.05, 3.63) is 41.4 Å². The van der Waals surface area contributed by atoms with Gasteiger partial charge in [-0.15, -0.1) is 0 Å². The number of fused-ring (bicyclic) bond motifs is 1. The van der Waals surface area contributed by atoms with Crippen LogP contribution in [0.3, 0.4) is 0 Å². The minimum Gasteiger partial charge on any atom is -0.511 e. The zero-order valence-corrected chi connectivity index (χ0v) is 14.4. The molecule has 0 amide bonds. The second-order valence-electron chi connectivity index (χ2n) is 7.17. The van der Waals surface area contributed by atoms with Crippen molar-refractivity contribution in [1.82, 2.24) is 9.97 Å². The van der Waals surface area contributed by atoms with Crippen LogP contribution in [-0.2, 0) is 11.2 Å². The average molecular weight is 325 g/mol. The van der Waals surface area contributed by atoms with Crippen molar-refractivity contribution in [2.45, 2.75) is 40.0 Å². The number of aliphatic hydroxyl groups is 1. The fourth-order valence-electron chi connectivity index (χ4n) is 3.27. The quantitative estimate of drug-likeness (QED) is 0.898. The van der Waals surface area contributed by atoms with Gasteiger partial charge in [-0.05, 0) is 30.9 Å². The van der Waals surface area contributed by atoms with Crippen LogP contribution in [0, 0.1) is 5.41 Å². The number of ketones is 1. The van der Waals surface area contributed by atoms with Crippen molar-refractivity contribution in [3.63, 3.8) is 0 Å². The third-order valence-corrected chi connectivity index (χ3v) is 4.31. The number of rotatable bonds is 4. The van der Waals surface area contributed by atoms with E-state index in [1.54, 1.807) is 0 Å². The van der Waals surface area contributed by atoms with Crippen LogP contribution in [0.5, 0.6) is 0 Å². The lowest BCUT2D eigenvalue weighted by Gasteiger charge is -2.31. The smallest absolute Gasteiger partial charge is 0.164 e. The standard InChI is InChI=1S/C19H23N3O2/c1-12(23)18-15(10-19(2,3)11-16(18)24)20-9-8-17-21-13-6-4-5-7-14(13)22-17/h4-7,24H,8-11H2,1-3H3,(H,21,22). The van der Waals surface area contributed by atoms with Gasteiger partial charge in [-0.3, -0.25) is 9.79 Å². The Labute approximate surface area is 141 Å². The van der Waals surface area contributed by atoms with Gasteiger partial charge in [-0.2, -0.15) is 0 Å². The highest BCUT2D eigenvalue weighted by Gasteiger charge is 2.33. The fourth-order valence-corrected chi connectivity index (χ4v) is 3.27. The molecule has 0 aliphatic heterocycles. The number of carbonyl (C=O) groups is 1. The van der Waals surface area contributed by atoms with E-state index in [9.17, 15) is 9.90 Å². The molecule has 2 aromatic rings. The predicted octanol–water partition coefficient (Wildman–Crippen LogP) is 3.77. The molecule has 1 aliphatic rings. The normalized spacial score (nSPS) is 19.2. The first-order valence-corrected chi connectivity index (χ1v) is 8.26. The molecule has 2 N–H and O–H groups in total. The van der Waals surface area contributed by atoms with E-state index >= 15 is 0 Å². The Morgan fingerprint density at radius 1 is 1.33 bits per heavy atom. The molecule has 1 aliphatic carbocycles. The van der Waals surface area contributed by atoms with Crippen molar-refractivity contribution >= 4 is 22.5 Å². The second-order valence-corrected chi connectivity index (χ2v) is 7.17. The van der Waals surface area contributed by atoms with Crippen molar-refractivity contribution in [3.8, 4) is 0 Å². The molecule has 5 nitrogen and oxygen atoms in total. The number of hydrogen-bond donors (Lipinski definition) is 2. The maximum absolute atomic E-state index is 11.9. The van der Waals surface area contributed by atoms with Crippen molar-refractivity contribution in [2.24, 2.45) is 10.4 Å². The zero-order valence-electron chi connectivity index (χ0n) is 14.4. The molecule has 0 radical (unpaired) electrons. The van der Waals surface area contributed by atoms with Crippen LogP contribution in [0.25, 0.3) is 11.0 Å². The summed E-state index contributed by atoms with van der Waals surface area (Å²) in [5, 5.41) is 10.2. The van der Waals surface area contributed by atoms with E-state index < -0.39 is 0 Å². The van der Waals surface area contributed by atoms with E-state index in [1.807, 2.05) is 24.3 Å². The number of aliphatic hydroxyl groups excluding tert-OH is 1. The molecule has 3 rings (SSSR count). The highest BCUT2D eigenvalue weighted by Crippen LogP contribution is 2.36. The molecule has 24 heavy (non-hydrogen) atoms. The Hall–Kier alpha value is -2.43. The number of para-hydroxylation sites is 2. The van der Waals surface area contributed by atoms with Crippen LogP contribution in [0.4, 0.5) is 0 Å². The minimum atomic E-state index is -0.120. The molecule has 0 saturated carbocycles. The predicted molar refractivity (Wildman–Crippen MR) is 95.5 cm³/mol. The van der Waals surface area contributed by atoms with Gasteiger partial charge in [0.25, 0.3) is 0 Å². The first-order valence-electron chi connectivity index (χ1n) is 8.26. The highest BCUT2D eigenvalue weighted by atomic mass is 16.3. The molecule has 0 unspecified atom stereocenters. The van der Waals surface area contributed by atoms with Crippen molar-refractivity contribution in [2.75, 3.05) is 6.54 Å². The molecule has 0 fully saturated rings. The lowest BCUT2D eigenvalue weighted by molar-refractivity contribution is -0.113.